The number of carboxylic acids is 1. The van der Waals surface area contributed by atoms with Crippen molar-refractivity contribution in [1.29, 1.82) is 0 Å². The van der Waals surface area contributed by atoms with Crippen LogP contribution < -0.4 is 0 Å². The first-order valence-electron chi connectivity index (χ1n) is 5.44. The molecule has 0 atom stereocenters. The second-order valence-corrected chi connectivity index (χ2v) is 4.05. The summed E-state index contributed by atoms with van der Waals surface area (Å²) in [6.07, 6.45) is 0.743. The average molecular weight is 222 g/mol. The molecule has 0 heterocycles. The molecule has 0 unspecified atom stereocenters. The van der Waals surface area contributed by atoms with Crippen molar-refractivity contribution in [2.75, 3.05) is 6.61 Å². The second-order valence-electron chi connectivity index (χ2n) is 4.05. The first-order chi connectivity index (χ1) is 7.58. The largest absolute Gasteiger partial charge is 0.481 e. The molecule has 88 valence electrons. The third-order valence-corrected chi connectivity index (χ3v) is 2.23. The number of hydrogen-bond donors (Lipinski definition) is 1. The lowest BCUT2D eigenvalue weighted by Gasteiger charge is -2.06. The van der Waals surface area contributed by atoms with Crippen molar-refractivity contribution >= 4 is 5.97 Å². The number of carboxylic acid groups (broad SMARTS) is 1. The van der Waals surface area contributed by atoms with Crippen LogP contribution in [-0.4, -0.2) is 17.7 Å². The van der Waals surface area contributed by atoms with E-state index in [0.717, 1.165) is 5.56 Å². The van der Waals surface area contributed by atoms with Crippen LogP contribution in [0.2, 0.25) is 0 Å². The third kappa shape index (κ3) is 4.94. The topological polar surface area (TPSA) is 46.5 Å². The van der Waals surface area contributed by atoms with Gasteiger partial charge in [0, 0.05) is 13.0 Å². The molecule has 1 rings (SSSR count). The van der Waals surface area contributed by atoms with E-state index in [0.29, 0.717) is 19.6 Å². The van der Waals surface area contributed by atoms with Crippen LogP contribution in [-0.2, 0) is 16.1 Å². The van der Waals surface area contributed by atoms with E-state index in [-0.39, 0.29) is 6.42 Å². The van der Waals surface area contributed by atoms with Crippen LogP contribution in [0.25, 0.3) is 0 Å². The minimum atomic E-state index is -0.769. The van der Waals surface area contributed by atoms with Gasteiger partial charge in [0.15, 0.2) is 0 Å². The SMILES string of the molecule is Cc1cc(C)cc(COCCCC(=O)O)c1. The van der Waals surface area contributed by atoms with E-state index in [1.807, 2.05) is 0 Å². The van der Waals surface area contributed by atoms with E-state index < -0.39 is 5.97 Å². The maximum Gasteiger partial charge on any atom is 0.303 e. The fourth-order valence-electron chi connectivity index (χ4n) is 1.67. The van der Waals surface area contributed by atoms with Crippen molar-refractivity contribution in [3.63, 3.8) is 0 Å². The molecule has 0 saturated heterocycles. The third-order valence-electron chi connectivity index (χ3n) is 2.23. The van der Waals surface area contributed by atoms with Crippen LogP contribution in [0.4, 0.5) is 0 Å². The zero-order valence-corrected chi connectivity index (χ0v) is 9.82. The minimum absolute atomic E-state index is 0.173. The Labute approximate surface area is 96.1 Å². The van der Waals surface area contributed by atoms with Gasteiger partial charge in [0.1, 0.15) is 0 Å². The summed E-state index contributed by atoms with van der Waals surface area (Å²) in [5, 5.41) is 8.45. The normalized spacial score (nSPS) is 10.4. The standard InChI is InChI=1S/C13H18O3/c1-10-6-11(2)8-12(7-10)9-16-5-3-4-13(14)15/h6-8H,3-5,9H2,1-2H3,(H,14,15). The van der Waals surface area contributed by atoms with Gasteiger partial charge < -0.3 is 9.84 Å². The van der Waals surface area contributed by atoms with Gasteiger partial charge >= 0.3 is 5.97 Å². The van der Waals surface area contributed by atoms with Crippen LogP contribution in [0.5, 0.6) is 0 Å². The van der Waals surface area contributed by atoms with Gasteiger partial charge in [0.25, 0.3) is 0 Å². The molecule has 0 radical (unpaired) electrons. The highest BCUT2D eigenvalue weighted by Gasteiger charge is 1.98. The molecule has 3 nitrogen and oxygen atoms in total. The highest BCUT2D eigenvalue weighted by Crippen LogP contribution is 2.10. The van der Waals surface area contributed by atoms with E-state index in [9.17, 15) is 4.79 Å². The number of aryl methyl sites for hydroxylation is 2. The smallest absolute Gasteiger partial charge is 0.303 e. The monoisotopic (exact) mass is 222 g/mol. The average Bonchev–Trinajstić information content (AvgIpc) is 2.15. The molecule has 0 aromatic heterocycles. The van der Waals surface area contributed by atoms with Gasteiger partial charge in [-0.3, -0.25) is 4.79 Å². The van der Waals surface area contributed by atoms with Crippen LogP contribution >= 0.6 is 0 Å². The van der Waals surface area contributed by atoms with Gasteiger partial charge in [-0.1, -0.05) is 29.3 Å². The molecule has 0 amide bonds. The zero-order valence-electron chi connectivity index (χ0n) is 9.82. The van der Waals surface area contributed by atoms with E-state index in [1.165, 1.54) is 11.1 Å². The molecular weight excluding hydrogens is 204 g/mol. The first kappa shape index (κ1) is 12.7. The van der Waals surface area contributed by atoms with Crippen LogP contribution in [0.3, 0.4) is 0 Å². The van der Waals surface area contributed by atoms with Gasteiger partial charge in [-0.2, -0.15) is 0 Å². The maximum absolute atomic E-state index is 10.3. The highest BCUT2D eigenvalue weighted by molar-refractivity contribution is 5.66. The van der Waals surface area contributed by atoms with E-state index in [4.69, 9.17) is 9.84 Å². The maximum atomic E-state index is 10.3. The summed E-state index contributed by atoms with van der Waals surface area (Å²) in [4.78, 5) is 10.3. The van der Waals surface area contributed by atoms with Crippen molar-refractivity contribution in [1.82, 2.24) is 0 Å². The summed E-state index contributed by atoms with van der Waals surface area (Å²) in [5.41, 5.74) is 3.60. The van der Waals surface area contributed by atoms with Crippen molar-refractivity contribution in [2.24, 2.45) is 0 Å². The Morgan fingerprint density at radius 3 is 2.44 bits per heavy atom. The highest BCUT2D eigenvalue weighted by atomic mass is 16.5. The number of carbonyl (C=O) groups is 1. The number of ether oxygens (including phenoxy) is 1. The van der Waals surface area contributed by atoms with Gasteiger partial charge in [0.2, 0.25) is 0 Å². The molecule has 3 heteroatoms. The van der Waals surface area contributed by atoms with Crippen LogP contribution in [0, 0.1) is 13.8 Å². The lowest BCUT2D eigenvalue weighted by atomic mass is 10.1. The van der Waals surface area contributed by atoms with Gasteiger partial charge in [-0.25, -0.2) is 0 Å². The molecule has 0 saturated carbocycles. The number of rotatable bonds is 6. The van der Waals surface area contributed by atoms with Crippen molar-refractivity contribution in [2.45, 2.75) is 33.3 Å². The summed E-state index contributed by atoms with van der Waals surface area (Å²) in [7, 11) is 0. The Hall–Kier alpha value is -1.35. The summed E-state index contributed by atoms with van der Waals surface area (Å²) < 4.78 is 5.42. The molecule has 0 bridgehead atoms. The van der Waals surface area contributed by atoms with Crippen molar-refractivity contribution in [3.05, 3.63) is 34.9 Å². The minimum Gasteiger partial charge on any atom is -0.481 e. The lowest BCUT2D eigenvalue weighted by molar-refractivity contribution is -0.137. The Kier molecular flexibility index (Phi) is 4.99. The zero-order chi connectivity index (χ0) is 12.0. The van der Waals surface area contributed by atoms with Crippen molar-refractivity contribution in [3.8, 4) is 0 Å². The second kappa shape index (κ2) is 6.28. The van der Waals surface area contributed by atoms with E-state index in [2.05, 4.69) is 32.0 Å². The predicted molar refractivity (Wildman–Crippen MR) is 62.4 cm³/mol. The Bertz CT molecular complexity index is 338. The number of aliphatic carboxylic acids is 1. The predicted octanol–water partition coefficient (Wildman–Crippen LogP) is 2.68. The Balaban J connectivity index is 2.29. The van der Waals surface area contributed by atoms with Gasteiger partial charge in [-0.15, -0.1) is 0 Å². The Morgan fingerprint density at radius 1 is 1.25 bits per heavy atom. The van der Waals surface area contributed by atoms with Crippen molar-refractivity contribution < 1.29 is 14.6 Å². The fraction of sp³-hybridized carbons (Fsp3) is 0.462. The van der Waals surface area contributed by atoms with E-state index >= 15 is 0 Å². The summed E-state index contributed by atoms with van der Waals surface area (Å²) in [5.74, 6) is -0.769. The summed E-state index contributed by atoms with van der Waals surface area (Å²) >= 11 is 0. The number of benzene rings is 1. The molecule has 1 aromatic carbocycles. The molecule has 0 fully saturated rings. The molecule has 0 aliphatic heterocycles. The fourth-order valence-corrected chi connectivity index (χ4v) is 1.67. The lowest BCUT2D eigenvalue weighted by Crippen LogP contribution is -2.00. The molecule has 1 aromatic rings. The quantitative estimate of drug-likeness (QED) is 0.753. The van der Waals surface area contributed by atoms with Gasteiger partial charge in [0.05, 0.1) is 6.61 Å². The molecular formula is C13H18O3. The summed E-state index contributed by atoms with van der Waals surface area (Å²) in [6.45, 7) is 5.17. The number of hydrogen-bond acceptors (Lipinski definition) is 2. The van der Waals surface area contributed by atoms with Crippen LogP contribution in [0.15, 0.2) is 18.2 Å². The molecule has 1 N–H and O–H groups in total. The van der Waals surface area contributed by atoms with Crippen LogP contribution in [0.1, 0.15) is 29.5 Å². The Morgan fingerprint density at radius 2 is 1.88 bits per heavy atom. The first-order valence-corrected chi connectivity index (χ1v) is 5.44. The van der Waals surface area contributed by atoms with Gasteiger partial charge in [-0.05, 0) is 25.8 Å². The molecule has 0 aliphatic carbocycles. The molecule has 0 aliphatic rings. The molecule has 16 heavy (non-hydrogen) atoms. The van der Waals surface area contributed by atoms with E-state index in [1.54, 1.807) is 0 Å². The molecule has 0 spiro atoms. The summed E-state index contributed by atoms with van der Waals surface area (Å²) in [6, 6.07) is 6.29.